The first-order valence-corrected chi connectivity index (χ1v) is 7.32. The molecule has 0 saturated carbocycles. The molecule has 1 unspecified atom stereocenters. The average molecular weight is 315 g/mol. The monoisotopic (exact) mass is 314 g/mol. The van der Waals surface area contributed by atoms with Gasteiger partial charge in [-0.1, -0.05) is 11.6 Å². The summed E-state index contributed by atoms with van der Waals surface area (Å²) in [7, 11) is 0. The smallest absolute Gasteiger partial charge is 0.410 e. The van der Waals surface area contributed by atoms with Crippen LogP contribution < -0.4 is 5.32 Å². The van der Waals surface area contributed by atoms with E-state index in [9.17, 15) is 9.18 Å². The lowest BCUT2D eigenvalue weighted by atomic mass is 10.2. The quantitative estimate of drug-likeness (QED) is 0.900. The molecule has 1 saturated heterocycles. The largest absolute Gasteiger partial charge is 0.444 e. The van der Waals surface area contributed by atoms with E-state index in [0.717, 1.165) is 6.42 Å². The van der Waals surface area contributed by atoms with Crippen molar-refractivity contribution >= 4 is 23.4 Å². The zero-order valence-corrected chi connectivity index (χ0v) is 13.2. The fourth-order valence-corrected chi connectivity index (χ4v) is 2.31. The van der Waals surface area contributed by atoms with Gasteiger partial charge in [-0.15, -0.1) is 0 Å². The summed E-state index contributed by atoms with van der Waals surface area (Å²) in [6.45, 7) is 6.69. The minimum absolute atomic E-state index is 0.0816. The minimum atomic E-state index is -0.498. The van der Waals surface area contributed by atoms with Crippen LogP contribution in [0.2, 0.25) is 5.02 Å². The van der Waals surface area contributed by atoms with Gasteiger partial charge in [0.15, 0.2) is 0 Å². The zero-order chi connectivity index (χ0) is 15.6. The lowest BCUT2D eigenvalue weighted by molar-refractivity contribution is 0.0293. The van der Waals surface area contributed by atoms with Crippen LogP contribution in [0.4, 0.5) is 14.9 Å². The van der Waals surface area contributed by atoms with Crippen LogP contribution in [0.3, 0.4) is 0 Å². The van der Waals surface area contributed by atoms with Crippen molar-refractivity contribution in [2.75, 3.05) is 18.4 Å². The highest BCUT2D eigenvalue weighted by Crippen LogP contribution is 2.22. The molecule has 116 valence electrons. The van der Waals surface area contributed by atoms with E-state index in [0.29, 0.717) is 18.8 Å². The van der Waals surface area contributed by atoms with Crippen molar-refractivity contribution in [3.63, 3.8) is 0 Å². The Hall–Kier alpha value is -1.49. The van der Waals surface area contributed by atoms with Crippen LogP contribution in [0.15, 0.2) is 18.2 Å². The van der Waals surface area contributed by atoms with Gasteiger partial charge in [0.2, 0.25) is 0 Å². The second kappa shape index (κ2) is 6.10. The number of carbonyl (C=O) groups is 1. The molecule has 1 atom stereocenters. The van der Waals surface area contributed by atoms with Gasteiger partial charge >= 0.3 is 6.09 Å². The van der Waals surface area contributed by atoms with Crippen molar-refractivity contribution in [1.82, 2.24) is 4.90 Å². The van der Waals surface area contributed by atoms with Crippen molar-refractivity contribution in [3.8, 4) is 0 Å². The SMILES string of the molecule is CC(C)(C)OC(=O)N1CCC(Nc2ccc(Cl)c(F)c2)C1. The molecule has 1 aliphatic heterocycles. The van der Waals surface area contributed by atoms with E-state index in [2.05, 4.69) is 5.32 Å². The molecule has 1 heterocycles. The van der Waals surface area contributed by atoms with Gasteiger partial charge in [-0.25, -0.2) is 9.18 Å². The highest BCUT2D eigenvalue weighted by molar-refractivity contribution is 6.30. The molecule has 6 heteroatoms. The molecule has 0 radical (unpaired) electrons. The Morgan fingerprint density at radius 3 is 2.81 bits per heavy atom. The molecule has 1 amide bonds. The third-order valence-electron chi connectivity index (χ3n) is 3.13. The third-order valence-corrected chi connectivity index (χ3v) is 3.44. The molecule has 0 bridgehead atoms. The molecular weight excluding hydrogens is 295 g/mol. The number of carbonyl (C=O) groups excluding carboxylic acids is 1. The van der Waals surface area contributed by atoms with Gasteiger partial charge in [-0.2, -0.15) is 0 Å². The average Bonchev–Trinajstić information content (AvgIpc) is 2.80. The summed E-state index contributed by atoms with van der Waals surface area (Å²) in [6, 6.07) is 4.68. The van der Waals surface area contributed by atoms with Crippen LogP contribution in [0.1, 0.15) is 27.2 Å². The predicted octanol–water partition coefficient (Wildman–Crippen LogP) is 3.90. The topological polar surface area (TPSA) is 41.6 Å². The van der Waals surface area contributed by atoms with Gasteiger partial charge in [0.05, 0.1) is 5.02 Å². The molecule has 21 heavy (non-hydrogen) atoms. The van der Waals surface area contributed by atoms with Gasteiger partial charge < -0.3 is 15.0 Å². The van der Waals surface area contributed by atoms with Gasteiger partial charge in [0.1, 0.15) is 11.4 Å². The summed E-state index contributed by atoms with van der Waals surface area (Å²) in [6.07, 6.45) is 0.484. The Labute approximate surface area is 129 Å². The maximum atomic E-state index is 13.4. The lowest BCUT2D eigenvalue weighted by Gasteiger charge is -2.24. The summed E-state index contributed by atoms with van der Waals surface area (Å²) in [5, 5.41) is 3.31. The fraction of sp³-hybridized carbons (Fsp3) is 0.533. The first kappa shape index (κ1) is 15.9. The molecular formula is C15H20ClFN2O2. The third kappa shape index (κ3) is 4.49. The van der Waals surface area contributed by atoms with Crippen molar-refractivity contribution in [2.24, 2.45) is 0 Å². The predicted molar refractivity (Wildman–Crippen MR) is 81.2 cm³/mol. The number of nitrogens with one attached hydrogen (secondary N) is 1. The van der Waals surface area contributed by atoms with Gasteiger partial charge in [0.25, 0.3) is 0 Å². The number of hydrogen-bond acceptors (Lipinski definition) is 3. The zero-order valence-electron chi connectivity index (χ0n) is 12.5. The highest BCUT2D eigenvalue weighted by Gasteiger charge is 2.29. The number of hydrogen-bond donors (Lipinski definition) is 1. The molecule has 1 aromatic carbocycles. The van der Waals surface area contributed by atoms with Crippen LogP contribution in [-0.4, -0.2) is 35.7 Å². The number of amides is 1. The second-order valence-corrected chi connectivity index (χ2v) is 6.59. The second-order valence-electron chi connectivity index (χ2n) is 6.19. The maximum Gasteiger partial charge on any atom is 0.410 e. The number of anilines is 1. The molecule has 1 aliphatic rings. The van der Waals surface area contributed by atoms with Gasteiger partial charge in [-0.3, -0.25) is 0 Å². The maximum absolute atomic E-state index is 13.4. The first-order chi connectivity index (χ1) is 9.74. The fourth-order valence-electron chi connectivity index (χ4n) is 2.19. The summed E-state index contributed by atoms with van der Waals surface area (Å²) < 4.78 is 18.7. The number of rotatable bonds is 2. The molecule has 0 spiro atoms. The van der Waals surface area contributed by atoms with E-state index in [1.165, 1.54) is 12.1 Å². The van der Waals surface area contributed by atoms with E-state index in [1.807, 2.05) is 20.8 Å². The van der Waals surface area contributed by atoms with Crippen LogP contribution >= 0.6 is 11.6 Å². The number of benzene rings is 1. The number of halogens is 2. The highest BCUT2D eigenvalue weighted by atomic mass is 35.5. The van der Waals surface area contributed by atoms with E-state index < -0.39 is 11.4 Å². The van der Waals surface area contributed by atoms with E-state index in [4.69, 9.17) is 16.3 Å². The van der Waals surface area contributed by atoms with Crippen LogP contribution in [-0.2, 0) is 4.74 Å². The Morgan fingerprint density at radius 1 is 1.48 bits per heavy atom. The molecule has 2 rings (SSSR count). The van der Waals surface area contributed by atoms with E-state index in [-0.39, 0.29) is 17.2 Å². The first-order valence-electron chi connectivity index (χ1n) is 6.94. The molecule has 4 nitrogen and oxygen atoms in total. The lowest BCUT2D eigenvalue weighted by Crippen LogP contribution is -2.36. The van der Waals surface area contributed by atoms with Crippen LogP contribution in [0.25, 0.3) is 0 Å². The molecule has 1 aromatic rings. The number of likely N-dealkylation sites (tertiary alicyclic amines) is 1. The van der Waals surface area contributed by atoms with Crippen molar-refractivity contribution in [2.45, 2.75) is 38.8 Å². The van der Waals surface area contributed by atoms with Crippen LogP contribution in [0, 0.1) is 5.82 Å². The Morgan fingerprint density at radius 2 is 2.19 bits per heavy atom. The van der Waals surface area contributed by atoms with Crippen molar-refractivity contribution in [3.05, 3.63) is 29.0 Å². The molecule has 1 N–H and O–H groups in total. The van der Waals surface area contributed by atoms with E-state index in [1.54, 1.807) is 11.0 Å². The Kier molecular flexibility index (Phi) is 4.61. The number of nitrogens with zero attached hydrogens (tertiary/aromatic N) is 1. The summed E-state index contributed by atoms with van der Waals surface area (Å²) >= 11 is 5.65. The normalized spacial score (nSPS) is 18.7. The summed E-state index contributed by atoms with van der Waals surface area (Å²) in [5.41, 5.74) is 0.162. The summed E-state index contributed by atoms with van der Waals surface area (Å²) in [5.74, 6) is -0.455. The molecule has 0 aromatic heterocycles. The standard InChI is InChI=1S/C15H20ClFN2O2/c1-15(2,3)21-14(20)19-7-6-11(9-19)18-10-4-5-12(16)13(17)8-10/h4-5,8,11,18H,6-7,9H2,1-3H3. The van der Waals surface area contributed by atoms with Crippen LogP contribution in [0.5, 0.6) is 0 Å². The molecule has 1 fully saturated rings. The minimum Gasteiger partial charge on any atom is -0.444 e. The van der Waals surface area contributed by atoms with Crippen molar-refractivity contribution in [1.29, 1.82) is 0 Å². The van der Waals surface area contributed by atoms with Crippen molar-refractivity contribution < 1.29 is 13.9 Å². The summed E-state index contributed by atoms with van der Waals surface area (Å²) in [4.78, 5) is 13.6. The van der Waals surface area contributed by atoms with Gasteiger partial charge in [0, 0.05) is 24.8 Å². The number of ether oxygens (including phenoxy) is 1. The van der Waals surface area contributed by atoms with E-state index >= 15 is 0 Å². The Balaban J connectivity index is 1.90. The molecule has 0 aliphatic carbocycles. The van der Waals surface area contributed by atoms with Gasteiger partial charge in [-0.05, 0) is 45.4 Å². The Bertz CT molecular complexity index is 531.